The number of nitrogens with two attached hydrogens (primary N) is 1. The molecule has 5 N–H and O–H groups in total. The first-order valence-corrected chi connectivity index (χ1v) is 16.4. The maximum atomic E-state index is 15.6. The Hall–Kier alpha value is -4.84. The SMILES string of the molecule is C/C1=C(/N)CSCCC(C)(c2cccc(CCC(=O)O)c2)c2nc(n(C)n2)-c2cc(ccc2F)Oc2c(F)cc3[nH]ccc3c2CN1. The zero-order valence-electron chi connectivity index (χ0n) is 26.4. The van der Waals surface area contributed by atoms with Gasteiger partial charge in [0.1, 0.15) is 11.6 Å². The van der Waals surface area contributed by atoms with E-state index < -0.39 is 23.0 Å². The van der Waals surface area contributed by atoms with Gasteiger partial charge in [-0.3, -0.25) is 4.79 Å². The minimum Gasteiger partial charge on any atom is -0.481 e. The standard InChI is InChI=1S/C35H36F2N6O3S/c1-20-29(38)19-47-14-12-35(2,22-6-4-5-21(15-22)7-10-31(44)45)34-41-33(43(3)42-34)25-16-23(8-9-27(25)36)46-32-26(18-40-20)24-11-13-39-30(24)17-28(32)37/h4-6,8-9,11,13,15-17,39-40H,7,10,12,14,18-19,38H2,1-3H3,(H,44,45)/b29-20-. The Bertz CT molecular complexity index is 2000. The number of nitrogens with one attached hydrogen (secondary N) is 2. The van der Waals surface area contributed by atoms with E-state index in [1.807, 2.05) is 44.2 Å². The minimum atomic E-state index is -0.863. The zero-order valence-corrected chi connectivity index (χ0v) is 27.2. The molecule has 3 heterocycles. The Morgan fingerprint density at radius 3 is 2.81 bits per heavy atom. The third-order valence-corrected chi connectivity index (χ3v) is 9.74. The molecular weight excluding hydrogens is 622 g/mol. The second kappa shape index (κ2) is 13.1. The summed E-state index contributed by atoms with van der Waals surface area (Å²) >= 11 is 1.66. The van der Waals surface area contributed by atoms with Crippen molar-refractivity contribution in [1.29, 1.82) is 0 Å². The Morgan fingerprint density at radius 2 is 2.00 bits per heavy atom. The van der Waals surface area contributed by atoms with Gasteiger partial charge in [-0.2, -0.15) is 16.9 Å². The summed E-state index contributed by atoms with van der Waals surface area (Å²) in [7, 11) is 1.71. The summed E-state index contributed by atoms with van der Waals surface area (Å²) in [6, 6.07) is 15.3. The molecule has 2 aromatic heterocycles. The molecule has 244 valence electrons. The van der Waals surface area contributed by atoms with Gasteiger partial charge in [0.2, 0.25) is 0 Å². The topological polar surface area (TPSA) is 131 Å². The van der Waals surface area contributed by atoms with Crippen LogP contribution in [0, 0.1) is 11.6 Å². The molecule has 3 aromatic carbocycles. The van der Waals surface area contributed by atoms with Crippen LogP contribution in [0.3, 0.4) is 0 Å². The molecular formula is C35H36F2N6O3S. The van der Waals surface area contributed by atoms with Crippen molar-refractivity contribution in [3.05, 3.63) is 106 Å². The Balaban J connectivity index is 1.47. The fourth-order valence-electron chi connectivity index (χ4n) is 5.83. The van der Waals surface area contributed by atoms with E-state index in [1.54, 1.807) is 25.0 Å². The number of halogens is 2. The molecule has 0 aliphatic carbocycles. The van der Waals surface area contributed by atoms with Crippen LogP contribution in [0.2, 0.25) is 0 Å². The maximum absolute atomic E-state index is 15.6. The van der Waals surface area contributed by atoms with Crippen molar-refractivity contribution >= 4 is 28.6 Å². The predicted molar refractivity (Wildman–Crippen MR) is 179 cm³/mol. The number of rotatable bonds is 4. The summed E-state index contributed by atoms with van der Waals surface area (Å²) in [6.07, 6.45) is 2.78. The summed E-state index contributed by atoms with van der Waals surface area (Å²) in [4.78, 5) is 19.2. The number of aryl methyl sites for hydroxylation is 2. The summed E-state index contributed by atoms with van der Waals surface area (Å²) < 4.78 is 38.8. The van der Waals surface area contributed by atoms with Crippen LogP contribution in [-0.2, 0) is 30.2 Å². The number of carboxylic acids is 1. The zero-order chi connectivity index (χ0) is 33.3. The van der Waals surface area contributed by atoms with Crippen LogP contribution in [0.5, 0.6) is 11.5 Å². The second-order valence-electron chi connectivity index (χ2n) is 12.0. The van der Waals surface area contributed by atoms with Gasteiger partial charge in [-0.25, -0.2) is 18.4 Å². The number of hydrogen-bond acceptors (Lipinski definition) is 7. The molecule has 1 aliphatic rings. The van der Waals surface area contributed by atoms with E-state index in [9.17, 15) is 9.90 Å². The second-order valence-corrected chi connectivity index (χ2v) is 13.1. The molecule has 0 spiro atoms. The molecule has 0 saturated carbocycles. The van der Waals surface area contributed by atoms with Crippen LogP contribution in [0.4, 0.5) is 8.78 Å². The van der Waals surface area contributed by atoms with E-state index in [0.717, 1.165) is 22.2 Å². The number of hydrogen-bond donors (Lipinski definition) is 4. The molecule has 9 nitrogen and oxygen atoms in total. The van der Waals surface area contributed by atoms with Gasteiger partial charge in [0, 0.05) is 65.9 Å². The number of aromatic nitrogens is 4. The highest BCUT2D eigenvalue weighted by atomic mass is 32.2. The maximum Gasteiger partial charge on any atom is 0.303 e. The number of benzene rings is 3. The highest BCUT2D eigenvalue weighted by molar-refractivity contribution is 7.99. The molecule has 5 aromatic rings. The van der Waals surface area contributed by atoms with E-state index in [-0.39, 0.29) is 35.9 Å². The molecule has 1 unspecified atom stereocenters. The van der Waals surface area contributed by atoms with Crippen LogP contribution >= 0.6 is 11.8 Å². The van der Waals surface area contributed by atoms with Gasteiger partial charge < -0.3 is 25.9 Å². The van der Waals surface area contributed by atoms with Gasteiger partial charge in [-0.05, 0) is 67.8 Å². The number of aromatic amines is 1. The Labute approximate surface area is 275 Å². The van der Waals surface area contributed by atoms with Crippen molar-refractivity contribution in [2.75, 3.05) is 11.5 Å². The number of fused-ring (bicyclic) bond motifs is 8. The highest BCUT2D eigenvalue weighted by Gasteiger charge is 2.34. The van der Waals surface area contributed by atoms with Crippen molar-refractivity contribution < 1.29 is 23.4 Å². The molecule has 47 heavy (non-hydrogen) atoms. The molecule has 1 atom stereocenters. The fourth-order valence-corrected chi connectivity index (χ4v) is 6.96. The van der Waals surface area contributed by atoms with Gasteiger partial charge >= 0.3 is 5.97 Å². The smallest absolute Gasteiger partial charge is 0.303 e. The van der Waals surface area contributed by atoms with Gasteiger partial charge in [0.05, 0.1) is 11.0 Å². The summed E-state index contributed by atoms with van der Waals surface area (Å²) in [5, 5.41) is 18.2. The first-order valence-electron chi connectivity index (χ1n) is 15.3. The summed E-state index contributed by atoms with van der Waals surface area (Å²) in [6.45, 7) is 4.18. The van der Waals surface area contributed by atoms with Crippen molar-refractivity contribution in [2.24, 2.45) is 12.8 Å². The van der Waals surface area contributed by atoms with Gasteiger partial charge in [0.15, 0.2) is 23.2 Å². The van der Waals surface area contributed by atoms with E-state index >= 15 is 8.78 Å². The summed E-state index contributed by atoms with van der Waals surface area (Å²) in [5.74, 6) is 0.339. The lowest BCUT2D eigenvalue weighted by Crippen LogP contribution is -2.27. The number of H-pyrrole nitrogens is 1. The molecule has 0 radical (unpaired) electrons. The van der Waals surface area contributed by atoms with Gasteiger partial charge in [0.25, 0.3) is 0 Å². The summed E-state index contributed by atoms with van der Waals surface area (Å²) in [5.41, 5.74) is 10.4. The number of carboxylic acid groups (broad SMARTS) is 1. The van der Waals surface area contributed by atoms with Gasteiger partial charge in [-0.1, -0.05) is 24.3 Å². The average molecular weight is 659 g/mol. The van der Waals surface area contributed by atoms with Crippen molar-refractivity contribution in [1.82, 2.24) is 25.1 Å². The monoisotopic (exact) mass is 658 g/mol. The largest absolute Gasteiger partial charge is 0.481 e. The van der Waals surface area contributed by atoms with Crippen molar-refractivity contribution in [2.45, 2.75) is 45.1 Å². The number of ether oxygens (including phenoxy) is 1. The minimum absolute atomic E-state index is 0.0170. The van der Waals surface area contributed by atoms with Crippen LogP contribution in [0.25, 0.3) is 22.3 Å². The van der Waals surface area contributed by atoms with E-state index in [4.69, 9.17) is 20.6 Å². The number of thioether (sulfide) groups is 1. The average Bonchev–Trinajstić information content (AvgIpc) is 3.68. The first kappa shape index (κ1) is 32.1. The number of carbonyl (C=O) groups is 1. The quantitative estimate of drug-likeness (QED) is 0.166. The Morgan fingerprint density at radius 1 is 1.17 bits per heavy atom. The number of aliphatic carboxylic acids is 1. The Kier molecular flexibility index (Phi) is 8.96. The molecule has 4 bridgehead atoms. The first-order chi connectivity index (χ1) is 22.5. The van der Waals surface area contributed by atoms with Crippen LogP contribution in [0.1, 0.15) is 49.2 Å². The molecule has 0 saturated heterocycles. The number of nitrogens with zero attached hydrogens (tertiary/aromatic N) is 3. The predicted octanol–water partition coefficient (Wildman–Crippen LogP) is 6.77. The normalized spacial score (nSPS) is 18.9. The molecule has 0 fully saturated rings. The third kappa shape index (κ3) is 6.55. The van der Waals surface area contributed by atoms with Crippen molar-refractivity contribution in [3.63, 3.8) is 0 Å². The van der Waals surface area contributed by atoms with Crippen molar-refractivity contribution in [3.8, 4) is 22.9 Å². The lowest BCUT2D eigenvalue weighted by Gasteiger charge is -2.28. The lowest BCUT2D eigenvalue weighted by atomic mass is 9.78. The van der Waals surface area contributed by atoms with Crippen LogP contribution in [-0.4, -0.2) is 42.3 Å². The van der Waals surface area contributed by atoms with Crippen LogP contribution < -0.4 is 15.8 Å². The fraction of sp³-hybridized carbons (Fsp3) is 0.286. The molecule has 0 amide bonds. The van der Waals surface area contributed by atoms with E-state index in [1.165, 1.54) is 28.9 Å². The molecule has 12 heteroatoms. The van der Waals surface area contributed by atoms with E-state index in [0.29, 0.717) is 46.9 Å². The third-order valence-electron chi connectivity index (χ3n) is 8.73. The van der Waals surface area contributed by atoms with Gasteiger partial charge in [-0.15, -0.1) is 0 Å². The molecule has 6 rings (SSSR count). The molecule has 1 aliphatic heterocycles. The van der Waals surface area contributed by atoms with E-state index in [2.05, 4.69) is 10.3 Å². The van der Waals surface area contributed by atoms with Crippen LogP contribution in [0.15, 0.2) is 72.2 Å². The lowest BCUT2D eigenvalue weighted by molar-refractivity contribution is -0.136. The number of allylic oxidation sites excluding steroid dienone is 1. The highest BCUT2D eigenvalue weighted by Crippen LogP contribution is 2.39.